The molecule has 1 heterocycles. The first-order chi connectivity index (χ1) is 17.3. The van der Waals surface area contributed by atoms with E-state index in [4.69, 9.17) is 14.0 Å². The minimum atomic E-state index is -4.43. The molecule has 6 nitrogen and oxygen atoms in total. The Bertz CT molecular complexity index is 1440. The highest BCUT2D eigenvalue weighted by Gasteiger charge is 2.30. The van der Waals surface area contributed by atoms with Crippen molar-refractivity contribution in [1.82, 2.24) is 10.1 Å². The van der Waals surface area contributed by atoms with E-state index in [0.717, 1.165) is 23.3 Å². The maximum atomic E-state index is 12.9. The number of halogens is 3. The van der Waals surface area contributed by atoms with Gasteiger partial charge in [0.05, 0.1) is 12.7 Å². The lowest BCUT2D eigenvalue weighted by molar-refractivity contribution is -0.137. The summed E-state index contributed by atoms with van der Waals surface area (Å²) in [4.78, 5) is 4.32. The molecule has 36 heavy (non-hydrogen) atoms. The number of methoxy groups -OCH3 is 1. The van der Waals surface area contributed by atoms with Crippen molar-refractivity contribution in [1.29, 1.82) is 5.26 Å². The van der Waals surface area contributed by atoms with Crippen molar-refractivity contribution in [2.24, 2.45) is 0 Å². The first-order valence-corrected chi connectivity index (χ1v) is 10.8. The van der Waals surface area contributed by atoms with Crippen molar-refractivity contribution in [2.75, 3.05) is 7.11 Å². The van der Waals surface area contributed by atoms with Crippen molar-refractivity contribution >= 4 is 11.6 Å². The Morgan fingerprint density at radius 3 is 2.53 bits per heavy atom. The highest BCUT2D eigenvalue weighted by Crippen LogP contribution is 2.32. The Balaban J connectivity index is 1.53. The van der Waals surface area contributed by atoms with Crippen LogP contribution in [0.3, 0.4) is 0 Å². The van der Waals surface area contributed by atoms with Gasteiger partial charge < -0.3 is 14.0 Å². The van der Waals surface area contributed by atoms with Crippen LogP contribution < -0.4 is 9.47 Å². The minimum Gasteiger partial charge on any atom is -0.493 e. The second-order valence-corrected chi connectivity index (χ2v) is 7.86. The summed E-state index contributed by atoms with van der Waals surface area (Å²) >= 11 is 0. The first kappa shape index (κ1) is 24.5. The van der Waals surface area contributed by atoms with Crippen LogP contribution in [-0.2, 0) is 12.8 Å². The zero-order valence-corrected chi connectivity index (χ0v) is 19.3. The van der Waals surface area contributed by atoms with Gasteiger partial charge in [-0.05, 0) is 48.4 Å². The second kappa shape index (κ2) is 10.4. The zero-order chi connectivity index (χ0) is 25.7. The van der Waals surface area contributed by atoms with Gasteiger partial charge in [0.25, 0.3) is 5.89 Å². The molecule has 0 saturated heterocycles. The Morgan fingerprint density at radius 1 is 1.06 bits per heavy atom. The SMILES string of the molecule is COc1cc(/C=C(/C#N)c2nc(-c3ccc(C)cc3)no2)ccc1OCc1cccc(C(F)(F)F)c1. The van der Waals surface area contributed by atoms with E-state index in [2.05, 4.69) is 16.2 Å². The molecule has 0 aliphatic carbocycles. The molecule has 0 N–H and O–H groups in total. The molecule has 182 valence electrons. The number of aryl methyl sites for hydroxylation is 1. The quantitative estimate of drug-likeness (QED) is 0.267. The van der Waals surface area contributed by atoms with Crippen molar-refractivity contribution in [3.05, 3.63) is 94.9 Å². The molecule has 0 fully saturated rings. The van der Waals surface area contributed by atoms with Crippen molar-refractivity contribution in [3.63, 3.8) is 0 Å². The summed E-state index contributed by atoms with van der Waals surface area (Å²) in [6.45, 7) is 1.89. The first-order valence-electron chi connectivity index (χ1n) is 10.8. The summed E-state index contributed by atoms with van der Waals surface area (Å²) in [6, 6.07) is 19.5. The third-order valence-corrected chi connectivity index (χ3v) is 5.23. The molecule has 0 saturated carbocycles. The number of ether oxygens (including phenoxy) is 2. The zero-order valence-electron chi connectivity index (χ0n) is 19.3. The van der Waals surface area contributed by atoms with Crippen LogP contribution in [0.4, 0.5) is 13.2 Å². The molecule has 0 aliphatic heterocycles. The number of hydrogen-bond donors (Lipinski definition) is 0. The molecular formula is C27H20F3N3O3. The largest absolute Gasteiger partial charge is 0.493 e. The summed E-state index contributed by atoms with van der Waals surface area (Å²) in [6.07, 6.45) is -2.87. The number of benzene rings is 3. The van der Waals surface area contributed by atoms with Gasteiger partial charge in [-0.1, -0.05) is 53.2 Å². The number of alkyl halides is 3. The maximum Gasteiger partial charge on any atom is 0.416 e. The van der Waals surface area contributed by atoms with Crippen LogP contribution in [0.25, 0.3) is 23.0 Å². The topological polar surface area (TPSA) is 81.2 Å². The predicted molar refractivity (Wildman–Crippen MR) is 127 cm³/mol. The van der Waals surface area contributed by atoms with Gasteiger partial charge in [0.1, 0.15) is 18.2 Å². The highest BCUT2D eigenvalue weighted by atomic mass is 19.4. The predicted octanol–water partition coefficient (Wildman–Crippen LogP) is 6.72. The Hall–Kier alpha value is -4.58. The highest BCUT2D eigenvalue weighted by molar-refractivity contribution is 5.87. The molecule has 0 radical (unpaired) electrons. The molecule has 0 unspecified atom stereocenters. The van der Waals surface area contributed by atoms with E-state index in [1.54, 1.807) is 30.3 Å². The van der Waals surface area contributed by atoms with E-state index in [9.17, 15) is 18.4 Å². The third kappa shape index (κ3) is 5.73. The lowest BCUT2D eigenvalue weighted by Gasteiger charge is -2.13. The van der Waals surface area contributed by atoms with Crippen molar-refractivity contribution in [3.8, 4) is 29.0 Å². The van der Waals surface area contributed by atoms with Crippen LogP contribution in [-0.4, -0.2) is 17.3 Å². The molecule has 0 spiro atoms. The number of aromatic nitrogens is 2. The molecule has 3 aromatic carbocycles. The lowest BCUT2D eigenvalue weighted by Crippen LogP contribution is -2.06. The summed E-state index contributed by atoms with van der Waals surface area (Å²) in [5, 5.41) is 13.6. The second-order valence-electron chi connectivity index (χ2n) is 7.86. The van der Waals surface area contributed by atoms with E-state index in [1.807, 2.05) is 31.2 Å². The molecule has 0 aliphatic rings. The molecule has 4 rings (SSSR count). The van der Waals surface area contributed by atoms with Crippen LogP contribution in [0.1, 0.15) is 28.1 Å². The van der Waals surface area contributed by atoms with Gasteiger partial charge in [-0.3, -0.25) is 0 Å². The summed E-state index contributed by atoms with van der Waals surface area (Å²) in [7, 11) is 1.44. The fourth-order valence-electron chi connectivity index (χ4n) is 3.35. The lowest BCUT2D eigenvalue weighted by atomic mass is 10.1. The van der Waals surface area contributed by atoms with Gasteiger partial charge >= 0.3 is 6.18 Å². The van der Waals surface area contributed by atoms with E-state index >= 15 is 0 Å². The van der Waals surface area contributed by atoms with Gasteiger partial charge in [0.15, 0.2) is 11.5 Å². The number of hydrogen-bond acceptors (Lipinski definition) is 6. The molecular weight excluding hydrogens is 471 g/mol. The average Bonchev–Trinajstić information content (AvgIpc) is 3.36. The van der Waals surface area contributed by atoms with Gasteiger partial charge in [0, 0.05) is 5.56 Å². The van der Waals surface area contributed by atoms with Crippen LogP contribution >= 0.6 is 0 Å². The fraction of sp³-hybridized carbons (Fsp3) is 0.148. The summed E-state index contributed by atoms with van der Waals surface area (Å²) in [5.74, 6) is 1.11. The number of nitrogens with zero attached hydrogens (tertiary/aromatic N) is 3. The van der Waals surface area contributed by atoms with Crippen molar-refractivity contribution < 1.29 is 27.2 Å². The van der Waals surface area contributed by atoms with Crippen LogP contribution in [0, 0.1) is 18.3 Å². The monoisotopic (exact) mass is 491 g/mol. The number of nitriles is 1. The van der Waals surface area contributed by atoms with E-state index < -0.39 is 11.7 Å². The molecule has 0 bridgehead atoms. The molecule has 9 heteroatoms. The Labute approximate surface area is 205 Å². The van der Waals surface area contributed by atoms with E-state index in [-0.39, 0.29) is 18.1 Å². The molecule has 0 amide bonds. The standard InChI is InChI=1S/C27H20F3N3O3/c1-17-6-9-20(10-7-17)25-32-26(36-33-25)21(15-31)12-18-8-11-23(24(14-18)34-2)35-16-19-4-3-5-22(13-19)27(28,29)30/h3-14H,16H2,1-2H3/b21-12-. The van der Waals surface area contributed by atoms with Gasteiger partial charge in [-0.25, -0.2) is 0 Å². The van der Waals surface area contributed by atoms with Crippen LogP contribution in [0.5, 0.6) is 11.5 Å². The van der Waals surface area contributed by atoms with Crippen LogP contribution in [0.2, 0.25) is 0 Å². The smallest absolute Gasteiger partial charge is 0.416 e. The van der Waals surface area contributed by atoms with Crippen molar-refractivity contribution in [2.45, 2.75) is 19.7 Å². The Morgan fingerprint density at radius 2 is 1.83 bits per heavy atom. The minimum absolute atomic E-state index is 0.0666. The molecule has 4 aromatic rings. The third-order valence-electron chi connectivity index (χ3n) is 5.23. The summed E-state index contributed by atoms with van der Waals surface area (Å²) < 4.78 is 55.2. The van der Waals surface area contributed by atoms with Gasteiger partial charge in [-0.2, -0.15) is 23.4 Å². The number of allylic oxidation sites excluding steroid dienone is 1. The average molecular weight is 491 g/mol. The normalized spacial score (nSPS) is 11.7. The van der Waals surface area contributed by atoms with Gasteiger partial charge in [-0.15, -0.1) is 0 Å². The van der Waals surface area contributed by atoms with E-state index in [0.29, 0.717) is 28.5 Å². The van der Waals surface area contributed by atoms with Crippen LogP contribution in [0.15, 0.2) is 71.3 Å². The van der Waals surface area contributed by atoms with Gasteiger partial charge in [0.2, 0.25) is 5.82 Å². The Kier molecular flexibility index (Phi) is 7.06. The molecule has 0 atom stereocenters. The van der Waals surface area contributed by atoms with E-state index in [1.165, 1.54) is 13.2 Å². The maximum absolute atomic E-state index is 12.9. The fourth-order valence-corrected chi connectivity index (χ4v) is 3.35. The molecule has 1 aromatic heterocycles. The number of rotatable bonds is 7. The summed E-state index contributed by atoms with van der Waals surface area (Å²) in [5.41, 5.74) is 2.23.